The first-order valence-corrected chi connectivity index (χ1v) is 46.4. The highest BCUT2D eigenvalue weighted by atomic mass is 15.4. The van der Waals surface area contributed by atoms with Crippen LogP contribution in [0.25, 0.3) is 224 Å². The summed E-state index contributed by atoms with van der Waals surface area (Å²) in [5, 5.41) is 69.7. The van der Waals surface area contributed by atoms with E-state index in [0.717, 1.165) is 316 Å². The Morgan fingerprint density at radius 2 is 0.636 bits per heavy atom. The fourth-order valence-corrected chi connectivity index (χ4v) is 19.1. The molecule has 39 heteroatoms. The van der Waals surface area contributed by atoms with Crippen LogP contribution in [0.15, 0.2) is 227 Å². The molecule has 0 aliphatic carbocycles. The summed E-state index contributed by atoms with van der Waals surface area (Å²) < 4.78 is 7.60. The van der Waals surface area contributed by atoms with E-state index in [-0.39, 0.29) is 0 Å². The summed E-state index contributed by atoms with van der Waals surface area (Å²) >= 11 is 0. The second-order valence-corrected chi connectivity index (χ2v) is 36.2. The highest BCUT2D eigenvalue weighted by Gasteiger charge is 2.26. The Labute approximate surface area is 795 Å². The second kappa shape index (κ2) is 35.5. The van der Waals surface area contributed by atoms with Crippen molar-refractivity contribution in [3.05, 3.63) is 249 Å². The van der Waals surface area contributed by atoms with Gasteiger partial charge in [-0.2, -0.15) is 20.4 Å². The van der Waals surface area contributed by atoms with Gasteiger partial charge in [-0.1, -0.05) is 69.4 Å². The molecule has 4 aliphatic rings. The molecule has 24 aromatic rings. The van der Waals surface area contributed by atoms with Crippen molar-refractivity contribution in [2.75, 3.05) is 54.4 Å². The van der Waals surface area contributed by atoms with Crippen molar-refractivity contribution in [1.29, 1.82) is 0 Å². The predicted octanol–water partition coefficient (Wildman–Crippen LogP) is 15.2. The lowest BCUT2D eigenvalue weighted by atomic mass is 10.0. The van der Waals surface area contributed by atoms with Gasteiger partial charge in [-0.15, -0.1) is 20.4 Å². The summed E-state index contributed by atoms with van der Waals surface area (Å²) in [6.45, 7) is 10.2. The summed E-state index contributed by atoms with van der Waals surface area (Å²) in [7, 11) is 8.52. The number of hydrogen-bond acceptors (Lipinski definition) is 27. The van der Waals surface area contributed by atoms with Gasteiger partial charge in [0.25, 0.3) is 0 Å². The van der Waals surface area contributed by atoms with Crippen molar-refractivity contribution in [2.24, 2.45) is 0 Å². The normalized spacial score (nSPS) is 14.4. The molecular weight excluding hydrogens is 1760 g/mol. The van der Waals surface area contributed by atoms with E-state index >= 15 is 0 Å². The number of aryl methyl sites for hydroxylation is 4. The zero-order valence-corrected chi connectivity index (χ0v) is 76.5. The molecule has 39 nitrogen and oxygen atoms in total. The SMILES string of the molecule is CN1CCCn2cc(nn2)-c2cccc3[nH]c(nc23)-c2[nH]nc3ncc(cc23)-c2cncc(c2)C1.CN1CCCn2cc(nn2)-c2cccc3[nH]c(nc23)-c2n[nH]c3ccc(cc23)-c2cncc(c2)C1.CN1CCCn2cc(nn2)-c2cccc3[nH]c(nc23)-c2n[nH]c3cnc(cc23)-c2cncc(c2)C1.CN1CCCn2cc(nn2)-c2cncc3[nH]c(nc23)-c2n[nH]c3ccc(cc23)-c2cncc(c2)C1. The van der Waals surface area contributed by atoms with Crippen molar-refractivity contribution in [3.8, 4) is 136 Å². The number of rotatable bonds is 0. The van der Waals surface area contributed by atoms with Gasteiger partial charge in [-0.3, -0.25) is 69.0 Å². The van der Waals surface area contributed by atoms with Gasteiger partial charge >= 0.3 is 0 Å². The molecular formula is C101H89N39. The standard InChI is InChI=1S/C26H23N9.3C25H22N10/c1-34-8-3-9-35-15-23(31-33-35)19-4-2-5-22-24(19)29-26(28-22)25-20-11-17(6-7-21(20)30-32-25)18-10-16(14-34)12-27-13-18;1-34-5-2-6-35-14-22(31-33-35)19-11-27-12-21-23(19)29-25(28-21)24-18-8-16(3-4-20(18)30-32-24)17-7-15(13-34)9-26-10-17;1-34-6-3-7-35-14-21(30-33-35)18-4-2-5-20-22(18)29-25(28-20)23-19-9-17(12-27-24(19)32-31-23)16-8-15(13-34)10-26-11-16;1-34-6-3-7-35-14-22(31-33-35)17-4-2-5-19-23(17)29-25(28-19)24-18-9-20(27-12-21(18)30-32-24)16-8-15(13-34)10-26-11-16/h2,4-7,10-13,15H,3,8-9,14H2,1H3,(H,28,29)(H,30,32);3-4,7-12,14H,2,5-6,13H2,1H3,(H,28,29)(H,30,32);2,4-5,8-12,14H,3,6-7,13H2,1H3,(H,28,29)(H,27,31,32);2,4-5,8-12,14H,3,6-7,13H2,1H3,(H,28,29)(H,30,32). The molecule has 5 aromatic carbocycles. The molecule has 0 saturated carbocycles. The molecule has 28 rings (SSSR count). The first-order valence-electron chi connectivity index (χ1n) is 46.4. The van der Waals surface area contributed by atoms with Crippen molar-refractivity contribution in [1.82, 2.24) is 195 Å². The molecule has 0 amide bonds. The van der Waals surface area contributed by atoms with Gasteiger partial charge in [-0.05, 0) is 192 Å². The maximum Gasteiger partial charge on any atom is 0.181 e. The molecule has 19 aromatic heterocycles. The smallest absolute Gasteiger partial charge is 0.181 e. The first-order chi connectivity index (χ1) is 68.8. The number of para-hydroxylation sites is 3. The Balaban J connectivity index is 0.0000000985. The van der Waals surface area contributed by atoms with Crippen LogP contribution in [-0.2, 0) is 52.4 Å². The monoisotopic (exact) mass is 1850 g/mol. The lowest BCUT2D eigenvalue weighted by molar-refractivity contribution is 0.310. The number of benzene rings is 5. The van der Waals surface area contributed by atoms with E-state index in [0.29, 0.717) is 23.1 Å². The molecule has 8 N–H and O–H groups in total. The van der Waals surface area contributed by atoms with Gasteiger partial charge in [0.05, 0.1) is 103 Å². The fraction of sp³-hybridized carbons (Fsp3) is 0.198. The van der Waals surface area contributed by atoms with Gasteiger partial charge in [0.15, 0.2) is 28.9 Å². The van der Waals surface area contributed by atoms with Crippen LogP contribution >= 0.6 is 0 Å². The fourth-order valence-electron chi connectivity index (χ4n) is 19.1. The molecule has 4 aliphatic heterocycles. The summed E-state index contributed by atoms with van der Waals surface area (Å²) in [6.07, 6.45) is 34.3. The van der Waals surface area contributed by atoms with Crippen molar-refractivity contribution < 1.29 is 0 Å². The molecule has 0 atom stereocenters. The van der Waals surface area contributed by atoms with E-state index < -0.39 is 0 Å². The van der Waals surface area contributed by atoms with Gasteiger partial charge in [0.1, 0.15) is 51.1 Å². The topological polar surface area (TPSA) is 455 Å². The Kier molecular flexibility index (Phi) is 21.3. The molecule has 0 saturated heterocycles. The van der Waals surface area contributed by atoms with Gasteiger partial charge in [0, 0.05) is 181 Å². The summed E-state index contributed by atoms with van der Waals surface area (Å²) in [5.41, 5.74) is 33.1. The van der Waals surface area contributed by atoms with Crippen LogP contribution in [0.5, 0.6) is 0 Å². The minimum Gasteiger partial charge on any atom is -0.337 e. The maximum absolute atomic E-state index is 4.96. The Bertz CT molecular complexity index is 7770. The van der Waals surface area contributed by atoms with E-state index in [1.54, 1.807) is 12.4 Å². The lowest BCUT2D eigenvalue weighted by Gasteiger charge is -2.17. The van der Waals surface area contributed by atoms with Crippen LogP contribution in [0.4, 0.5) is 0 Å². The van der Waals surface area contributed by atoms with E-state index in [1.807, 2.05) is 166 Å². The number of hydrogen-bond donors (Lipinski definition) is 8. The molecule has 23 heterocycles. The maximum atomic E-state index is 4.96. The number of nitrogens with zero attached hydrogens (tertiary/aromatic N) is 31. The predicted molar refractivity (Wildman–Crippen MR) is 531 cm³/mol. The molecule has 0 fully saturated rings. The third-order valence-electron chi connectivity index (χ3n) is 26.1. The third-order valence-corrected chi connectivity index (χ3v) is 26.1. The Morgan fingerprint density at radius 3 is 1.10 bits per heavy atom. The molecule has 140 heavy (non-hydrogen) atoms. The molecule has 0 radical (unpaired) electrons. The molecule has 0 unspecified atom stereocenters. The van der Waals surface area contributed by atoms with E-state index in [4.69, 9.17) is 19.9 Å². The number of aromatic amines is 8. The van der Waals surface area contributed by atoms with Gasteiger partial charge < -0.3 is 39.5 Å². The van der Waals surface area contributed by atoms with Gasteiger partial charge in [-0.25, -0.2) is 24.9 Å². The van der Waals surface area contributed by atoms with Crippen LogP contribution in [0.1, 0.15) is 47.9 Å². The molecule has 688 valence electrons. The van der Waals surface area contributed by atoms with Crippen LogP contribution in [0.3, 0.4) is 0 Å². The van der Waals surface area contributed by atoms with Crippen LogP contribution in [-0.4, -0.2) is 249 Å². The number of fused-ring (bicyclic) bond motifs is 36. The van der Waals surface area contributed by atoms with Crippen molar-refractivity contribution >= 4 is 87.9 Å². The van der Waals surface area contributed by atoms with E-state index in [9.17, 15) is 0 Å². The average molecular weight is 1850 g/mol. The average Bonchev–Trinajstić information content (AvgIpc) is 1.62. The van der Waals surface area contributed by atoms with Crippen LogP contribution < -0.4 is 0 Å². The highest BCUT2D eigenvalue weighted by molar-refractivity contribution is 6.03. The largest absolute Gasteiger partial charge is 0.337 e. The number of aromatic nitrogens is 35. The third kappa shape index (κ3) is 16.5. The second-order valence-electron chi connectivity index (χ2n) is 36.2. The minimum absolute atomic E-state index is 0.641. The van der Waals surface area contributed by atoms with Crippen LogP contribution in [0.2, 0.25) is 0 Å². The van der Waals surface area contributed by atoms with E-state index in [1.165, 1.54) is 11.1 Å². The van der Waals surface area contributed by atoms with Crippen LogP contribution in [0, 0.1) is 0 Å². The Hall–Kier alpha value is -17.7. The number of H-pyrrole nitrogens is 8. The van der Waals surface area contributed by atoms with E-state index in [2.05, 4.69) is 251 Å². The van der Waals surface area contributed by atoms with Gasteiger partial charge in [0.2, 0.25) is 0 Å². The minimum atomic E-state index is 0.641. The number of nitrogens with one attached hydrogen (secondary N) is 8. The zero-order valence-electron chi connectivity index (χ0n) is 76.5. The lowest BCUT2D eigenvalue weighted by Crippen LogP contribution is -2.20. The molecule has 0 spiro atoms. The summed E-state index contributed by atoms with van der Waals surface area (Å²) in [5.74, 6) is 2.79. The van der Waals surface area contributed by atoms with Crippen molar-refractivity contribution in [2.45, 2.75) is 78.0 Å². The summed E-state index contributed by atoms with van der Waals surface area (Å²) in [6, 6.07) is 43.7. The Morgan fingerprint density at radius 1 is 0.264 bits per heavy atom. The van der Waals surface area contributed by atoms with Crippen molar-refractivity contribution in [3.63, 3.8) is 0 Å². The highest BCUT2D eigenvalue weighted by Crippen LogP contribution is 2.40. The first kappa shape index (κ1) is 84.1. The quantitative estimate of drug-likeness (QED) is 0.0699. The molecule has 32 bridgehead atoms. The number of imidazole rings is 4. The summed E-state index contributed by atoms with van der Waals surface area (Å²) in [4.78, 5) is 74.4. The number of pyridine rings is 7. The zero-order chi connectivity index (χ0) is 93.4.